The van der Waals surface area contributed by atoms with E-state index in [2.05, 4.69) is 62.3 Å². The third kappa shape index (κ3) is 3.28. The lowest BCUT2D eigenvalue weighted by Crippen LogP contribution is -2.27. The molecule has 2 heteroatoms. The molecule has 0 nitrogen and oxygen atoms in total. The van der Waals surface area contributed by atoms with Gasteiger partial charge in [-0.15, -0.1) is 29.9 Å². The zero-order valence-corrected chi connectivity index (χ0v) is 12.9. The van der Waals surface area contributed by atoms with E-state index in [-0.39, 0.29) is 0 Å². The lowest BCUT2D eigenvalue weighted by molar-refractivity contribution is 0.292. The monoisotopic (exact) mass is 276 g/mol. The smallest absolute Gasteiger partial charge is 0.0751 e. The zero-order valence-electron chi connectivity index (χ0n) is 11.3. The third-order valence-corrected chi connectivity index (χ3v) is 6.63. The van der Waals surface area contributed by atoms with E-state index in [9.17, 15) is 0 Å². The molecule has 1 heterocycles. The van der Waals surface area contributed by atoms with Gasteiger partial charge in [-0.3, -0.25) is 0 Å². The van der Waals surface area contributed by atoms with E-state index >= 15 is 0 Å². The molecule has 1 aromatic rings. The fraction of sp³-hybridized carbons (Fsp3) is 0.500. The molecule has 1 aliphatic heterocycles. The maximum atomic E-state index is 5.38. The number of hydrogen-bond donors (Lipinski definition) is 0. The second-order valence-electron chi connectivity index (χ2n) is 5.83. The van der Waals surface area contributed by atoms with Crippen LogP contribution in [-0.4, -0.2) is 11.5 Å². The number of benzene rings is 1. The van der Waals surface area contributed by atoms with Crippen LogP contribution in [0.25, 0.3) is 0 Å². The minimum Gasteiger partial charge on any atom is -0.142 e. The van der Waals surface area contributed by atoms with Gasteiger partial charge in [-0.2, -0.15) is 0 Å². The van der Waals surface area contributed by atoms with Gasteiger partial charge in [-0.1, -0.05) is 38.8 Å². The topological polar surface area (TPSA) is 0 Å². The Morgan fingerprint density at radius 1 is 1.11 bits per heavy atom. The van der Waals surface area contributed by atoms with Crippen molar-refractivity contribution < 1.29 is 0 Å². The van der Waals surface area contributed by atoms with Gasteiger partial charge in [-0.05, 0) is 40.5 Å². The summed E-state index contributed by atoms with van der Waals surface area (Å²) in [6.07, 6.45) is 5.38. The van der Waals surface area contributed by atoms with Crippen molar-refractivity contribution in [3.8, 4) is 12.3 Å². The first kappa shape index (κ1) is 13.9. The highest BCUT2D eigenvalue weighted by atomic mass is 32.2. The largest absolute Gasteiger partial charge is 0.142 e. The van der Waals surface area contributed by atoms with E-state index in [0.717, 1.165) is 11.5 Å². The van der Waals surface area contributed by atoms with Gasteiger partial charge in [-0.25, -0.2) is 0 Å². The molecule has 0 N–H and O–H groups in total. The highest BCUT2D eigenvalue weighted by Gasteiger charge is 2.30. The Kier molecular flexibility index (Phi) is 4.35. The van der Waals surface area contributed by atoms with Crippen molar-refractivity contribution in [2.45, 2.75) is 25.4 Å². The van der Waals surface area contributed by atoms with Gasteiger partial charge in [0.2, 0.25) is 0 Å². The van der Waals surface area contributed by atoms with Crippen molar-refractivity contribution in [3.05, 3.63) is 35.4 Å². The Balaban J connectivity index is 1.99. The van der Waals surface area contributed by atoms with Gasteiger partial charge in [0.15, 0.2) is 0 Å². The van der Waals surface area contributed by atoms with E-state index < -0.39 is 0 Å². The maximum Gasteiger partial charge on any atom is 0.0751 e. The van der Waals surface area contributed by atoms with Crippen molar-refractivity contribution in [2.24, 2.45) is 11.3 Å². The molecule has 0 aromatic heterocycles. The van der Waals surface area contributed by atoms with Crippen molar-refractivity contribution in [3.63, 3.8) is 0 Å². The van der Waals surface area contributed by atoms with E-state index in [0.29, 0.717) is 10.00 Å². The molecule has 0 aliphatic carbocycles. The summed E-state index contributed by atoms with van der Waals surface area (Å²) in [5.41, 5.74) is 2.80. The maximum absolute atomic E-state index is 5.38. The second kappa shape index (κ2) is 5.63. The first-order chi connectivity index (χ1) is 8.50. The molecule has 0 spiro atoms. The van der Waals surface area contributed by atoms with Gasteiger partial charge in [0, 0.05) is 5.56 Å². The van der Waals surface area contributed by atoms with E-state index in [1.165, 1.54) is 17.1 Å². The minimum atomic E-state index is 0.429. The molecule has 1 aliphatic rings. The molecule has 1 saturated heterocycles. The van der Waals surface area contributed by atoms with Gasteiger partial charge in [0.05, 0.1) is 4.58 Å². The summed E-state index contributed by atoms with van der Waals surface area (Å²) < 4.78 is 0.579. The summed E-state index contributed by atoms with van der Waals surface area (Å²) in [5.74, 6) is 6.01. The fourth-order valence-electron chi connectivity index (χ4n) is 1.93. The molecule has 0 bridgehead atoms. The van der Waals surface area contributed by atoms with Crippen LogP contribution in [0.1, 0.15) is 36.5 Å². The summed E-state index contributed by atoms with van der Waals surface area (Å²) in [4.78, 5) is 0. The SMILES string of the molecule is C#Cc1ccc(C2SCC(C(C)(C)C)CS2)cc1. The number of thioether (sulfide) groups is 2. The van der Waals surface area contributed by atoms with Crippen LogP contribution in [0.15, 0.2) is 24.3 Å². The van der Waals surface area contributed by atoms with Gasteiger partial charge in [0.1, 0.15) is 0 Å². The molecule has 18 heavy (non-hydrogen) atoms. The van der Waals surface area contributed by atoms with Crippen molar-refractivity contribution >= 4 is 23.5 Å². The molecule has 0 unspecified atom stereocenters. The quantitative estimate of drug-likeness (QED) is 0.675. The standard InChI is InChI=1S/C16H20S2/c1-5-12-6-8-13(9-7-12)15-17-10-14(11-18-15)16(2,3)4/h1,6-9,14-15H,10-11H2,2-4H3. The normalized spacial score (nSPS) is 24.6. The molecular weight excluding hydrogens is 256 g/mol. The van der Waals surface area contributed by atoms with Crippen LogP contribution < -0.4 is 0 Å². The van der Waals surface area contributed by atoms with E-state index in [1.807, 2.05) is 12.1 Å². The van der Waals surface area contributed by atoms with Gasteiger partial charge < -0.3 is 0 Å². The molecule has 96 valence electrons. The molecule has 1 fully saturated rings. The van der Waals surface area contributed by atoms with Crippen molar-refractivity contribution in [2.75, 3.05) is 11.5 Å². The lowest BCUT2D eigenvalue weighted by atomic mass is 9.83. The Hall–Kier alpha value is -0.520. The second-order valence-corrected chi connectivity index (χ2v) is 8.40. The number of rotatable bonds is 1. The average Bonchev–Trinajstić information content (AvgIpc) is 2.38. The first-order valence-electron chi connectivity index (χ1n) is 6.30. The number of terminal acetylenes is 1. The summed E-state index contributed by atoms with van der Waals surface area (Å²) in [5, 5.41) is 0. The van der Waals surface area contributed by atoms with Crippen LogP contribution in [0.2, 0.25) is 0 Å². The molecule has 0 saturated carbocycles. The van der Waals surface area contributed by atoms with Crippen LogP contribution in [0.5, 0.6) is 0 Å². The predicted octanol–water partition coefficient (Wildman–Crippen LogP) is 4.81. The number of hydrogen-bond acceptors (Lipinski definition) is 2. The molecular formula is C16H20S2. The highest BCUT2D eigenvalue weighted by Crippen LogP contribution is 2.49. The summed E-state index contributed by atoms with van der Waals surface area (Å²) in [7, 11) is 0. The molecule has 1 aromatic carbocycles. The van der Waals surface area contributed by atoms with E-state index in [1.54, 1.807) is 0 Å². The van der Waals surface area contributed by atoms with E-state index in [4.69, 9.17) is 6.42 Å². The Labute approximate surface area is 119 Å². The van der Waals surface area contributed by atoms with Gasteiger partial charge >= 0.3 is 0 Å². The zero-order chi connectivity index (χ0) is 13.2. The van der Waals surface area contributed by atoms with Crippen molar-refractivity contribution in [1.82, 2.24) is 0 Å². The summed E-state index contributed by atoms with van der Waals surface area (Å²) >= 11 is 4.15. The predicted molar refractivity (Wildman–Crippen MR) is 85.0 cm³/mol. The molecule has 0 radical (unpaired) electrons. The molecule has 0 atom stereocenters. The first-order valence-corrected chi connectivity index (χ1v) is 8.40. The van der Waals surface area contributed by atoms with Crippen LogP contribution in [-0.2, 0) is 0 Å². The lowest BCUT2D eigenvalue weighted by Gasteiger charge is -2.36. The van der Waals surface area contributed by atoms with Crippen LogP contribution in [0, 0.1) is 23.7 Å². The van der Waals surface area contributed by atoms with Crippen molar-refractivity contribution in [1.29, 1.82) is 0 Å². The molecule has 2 rings (SSSR count). The van der Waals surface area contributed by atoms with Crippen LogP contribution in [0.4, 0.5) is 0 Å². The molecule has 0 amide bonds. The summed E-state index contributed by atoms with van der Waals surface area (Å²) in [6, 6.07) is 8.45. The summed E-state index contributed by atoms with van der Waals surface area (Å²) in [6.45, 7) is 7.04. The van der Waals surface area contributed by atoms with Gasteiger partial charge in [0.25, 0.3) is 0 Å². The van der Waals surface area contributed by atoms with Crippen LogP contribution in [0.3, 0.4) is 0 Å². The Morgan fingerprint density at radius 3 is 2.11 bits per heavy atom. The average molecular weight is 276 g/mol. The highest BCUT2D eigenvalue weighted by molar-refractivity contribution is 8.16. The minimum absolute atomic E-state index is 0.429. The fourth-order valence-corrected chi connectivity index (χ4v) is 5.69. The van der Waals surface area contributed by atoms with Crippen LogP contribution >= 0.6 is 23.5 Å². The Morgan fingerprint density at radius 2 is 1.67 bits per heavy atom. The third-order valence-electron chi connectivity index (χ3n) is 3.47. The Bertz CT molecular complexity index is 426.